The minimum Gasteiger partial charge on any atom is -0.0619 e. The first-order valence-corrected chi connectivity index (χ1v) is 44.6. The lowest BCUT2D eigenvalue weighted by Gasteiger charge is -2.16. The van der Waals surface area contributed by atoms with Gasteiger partial charge < -0.3 is 0 Å². The van der Waals surface area contributed by atoms with Crippen molar-refractivity contribution in [1.82, 2.24) is 0 Å². The van der Waals surface area contributed by atoms with Gasteiger partial charge in [-0.15, -0.1) is 0 Å². The molecule has 0 aromatic heterocycles. The molecule has 0 amide bonds. The van der Waals surface area contributed by atoms with E-state index in [1.807, 2.05) is 0 Å². The highest BCUT2D eigenvalue weighted by molar-refractivity contribution is 6.15. The molecule has 0 heterocycles. The Morgan fingerprint density at radius 2 is 0.379 bits per heavy atom. The van der Waals surface area contributed by atoms with Crippen LogP contribution in [0.15, 0.2) is 376 Å². The maximum absolute atomic E-state index is 2.40. The van der Waals surface area contributed by atoms with Gasteiger partial charge in [0.2, 0.25) is 0 Å². The maximum Gasteiger partial charge on any atom is -0.000682 e. The summed E-state index contributed by atoms with van der Waals surface area (Å²) in [4.78, 5) is 0. The van der Waals surface area contributed by atoms with Crippen LogP contribution in [0.4, 0.5) is 0 Å². The lowest BCUT2D eigenvalue weighted by atomic mass is 9.87. The van der Waals surface area contributed by atoms with Gasteiger partial charge in [-0.1, -0.05) is 370 Å². The highest BCUT2D eigenvalue weighted by Crippen LogP contribution is 2.59. The predicted octanol–water partition coefficient (Wildman–Crippen LogP) is 31.1. The van der Waals surface area contributed by atoms with Crippen molar-refractivity contribution in [3.8, 4) is 111 Å². The Kier molecular flexibility index (Phi) is 15.4. The third-order valence-corrected chi connectivity index (χ3v) is 29.5. The van der Waals surface area contributed by atoms with Gasteiger partial charge in [-0.05, 0) is 357 Å². The zero-order valence-electron chi connectivity index (χ0n) is 68.9. The van der Waals surface area contributed by atoms with E-state index < -0.39 is 0 Å². The van der Waals surface area contributed by atoms with E-state index in [9.17, 15) is 0 Å². The summed E-state index contributed by atoms with van der Waals surface area (Å²) < 4.78 is 0. The standard InChI is InChI=1S/C28H18.4C24H16/c1-3-9-20-17(7-1)13-14-19-16-25-23-12-6-5-11-22(23)24-15-18-8-2-4-10-21(18)27(24)28(25)26(19)20;1-4-10-18-15(7-1)13-21-19-11-5-6-12-20(19)23-17-9-3-2-8-16(17)14-22(23)24(18)21;1-3-7-19-15(5-1)11-12-21-22(19)14-18-10-9-17-13-16-6-2-4-8-20(16)23(17)24(18)21;1-3-7-20-15(5-1)9-10-18-14-19-12-11-17-13-16-6-2-4-8-21(16)23(17)24(19)22(18)20;1-2-6-16-14-22-20(11-15(16)5-1)13-19-10-9-18-12-17-7-3-4-8-21(17)23(18)24(19)22/h1-14H,15-16H2;3*1-12H,13-14H2;1-11,14H,12-13H2. The van der Waals surface area contributed by atoms with Crippen LogP contribution in [0.1, 0.15) is 111 Å². The Balaban J connectivity index is 0.0000000811. The fourth-order valence-corrected chi connectivity index (χ4v) is 24.3. The molecule has 0 fully saturated rings. The predicted molar refractivity (Wildman–Crippen MR) is 520 cm³/mol. The van der Waals surface area contributed by atoms with Gasteiger partial charge >= 0.3 is 0 Å². The van der Waals surface area contributed by atoms with Gasteiger partial charge in [-0.3, -0.25) is 0 Å². The summed E-state index contributed by atoms with van der Waals surface area (Å²) in [6.07, 6.45) is 10.6. The Morgan fingerprint density at radius 3 is 0.903 bits per heavy atom. The van der Waals surface area contributed by atoms with Crippen molar-refractivity contribution >= 4 is 64.6 Å². The van der Waals surface area contributed by atoms with Crippen molar-refractivity contribution in [3.05, 3.63) is 487 Å². The molecule has 21 aromatic rings. The van der Waals surface area contributed by atoms with E-state index in [0.29, 0.717) is 0 Å². The normalized spacial score (nSPS) is 13.5. The Labute approximate surface area is 722 Å². The van der Waals surface area contributed by atoms with Gasteiger partial charge in [0.25, 0.3) is 0 Å². The fraction of sp³-hybridized carbons (Fsp3) is 0.0806. The molecule has 10 aliphatic rings. The Hall–Kier alpha value is -14.8. The molecule has 0 nitrogen and oxygen atoms in total. The Morgan fingerprint density at radius 1 is 0.105 bits per heavy atom. The molecule has 0 saturated carbocycles. The second-order valence-electron chi connectivity index (χ2n) is 35.9. The highest BCUT2D eigenvalue weighted by atomic mass is 14.4. The first kappa shape index (κ1) is 69.9. The fourth-order valence-electron chi connectivity index (χ4n) is 24.3. The van der Waals surface area contributed by atoms with Crippen LogP contribution in [0.25, 0.3) is 176 Å². The molecule has 0 radical (unpaired) electrons. The van der Waals surface area contributed by atoms with Gasteiger partial charge in [-0.25, -0.2) is 0 Å². The summed E-state index contributed by atoms with van der Waals surface area (Å²) in [5.74, 6) is 0. The number of fused-ring (bicyclic) bond motifs is 48. The molecule has 0 atom stereocenters. The van der Waals surface area contributed by atoms with Gasteiger partial charge in [0.15, 0.2) is 0 Å². The summed E-state index contributed by atoms with van der Waals surface area (Å²) in [5.41, 5.74) is 59.0. The highest BCUT2D eigenvalue weighted by Gasteiger charge is 2.37. The zero-order valence-corrected chi connectivity index (χ0v) is 68.9. The lowest BCUT2D eigenvalue weighted by molar-refractivity contribution is 1.23. The number of hydrogen-bond acceptors (Lipinski definition) is 0. The van der Waals surface area contributed by atoms with E-state index in [1.54, 1.807) is 0 Å². The number of benzene rings is 21. The van der Waals surface area contributed by atoms with Crippen molar-refractivity contribution in [1.29, 1.82) is 0 Å². The van der Waals surface area contributed by atoms with Crippen LogP contribution in [0.2, 0.25) is 0 Å². The topological polar surface area (TPSA) is 0 Å². The summed E-state index contributed by atoms with van der Waals surface area (Å²) in [5, 5.41) is 16.6. The second-order valence-corrected chi connectivity index (χ2v) is 35.9. The van der Waals surface area contributed by atoms with Crippen LogP contribution >= 0.6 is 0 Å². The van der Waals surface area contributed by atoms with Crippen molar-refractivity contribution < 1.29 is 0 Å². The minimum atomic E-state index is 1.03. The van der Waals surface area contributed by atoms with E-state index in [4.69, 9.17) is 0 Å². The first-order chi connectivity index (χ1) is 61.5. The monoisotopic (exact) mass is 1570 g/mol. The molecule has 0 unspecified atom stereocenters. The SMILES string of the molecule is c1ccc2c(c1)Cc1c-2c2c(c3ccccc13)-c1ccccc1C2.c1ccc2c(c1)Cc1c-2c2c(c3ccccc13)Cc1ccc3ccccc3c1-2.c1ccc2c(c1)Cc1ccc3c(c1-2)-c1c(ccc2ccccc12)C3.c1ccc2c(c1)Cc1ccc3c(c1-2)-c1cc2ccccc2cc1C3.c1ccc2c(c1)Cc1ccc3c(c1-2)-c1ccc2ccccc2c1C3. The average Bonchev–Trinajstić information content (AvgIpc) is 1.58. The molecule has 0 bridgehead atoms. The Bertz CT molecular complexity index is 8220. The van der Waals surface area contributed by atoms with Gasteiger partial charge in [0, 0.05) is 0 Å². The van der Waals surface area contributed by atoms with Crippen molar-refractivity contribution in [2.45, 2.75) is 64.2 Å². The molecular formula is C124H82. The zero-order chi connectivity index (χ0) is 80.9. The molecule has 31 rings (SSSR count). The van der Waals surface area contributed by atoms with Gasteiger partial charge in [0.1, 0.15) is 0 Å². The van der Waals surface area contributed by atoms with E-state index in [2.05, 4.69) is 376 Å². The third-order valence-electron chi connectivity index (χ3n) is 29.5. The molecule has 0 N–H and O–H groups in total. The average molecular weight is 1570 g/mol. The summed E-state index contributed by atoms with van der Waals surface area (Å²) in [6.45, 7) is 0. The maximum atomic E-state index is 2.40. The summed E-state index contributed by atoms with van der Waals surface area (Å²) in [7, 11) is 0. The molecule has 578 valence electrons. The minimum absolute atomic E-state index is 1.03. The quantitative estimate of drug-likeness (QED) is 0.142. The molecule has 0 spiro atoms. The first-order valence-electron chi connectivity index (χ1n) is 44.6. The van der Waals surface area contributed by atoms with Crippen LogP contribution < -0.4 is 0 Å². The molecule has 10 aliphatic carbocycles. The van der Waals surface area contributed by atoms with Gasteiger partial charge in [0.05, 0.1) is 0 Å². The lowest BCUT2D eigenvalue weighted by Crippen LogP contribution is -1.92. The van der Waals surface area contributed by atoms with Crippen molar-refractivity contribution in [2.24, 2.45) is 0 Å². The third kappa shape index (κ3) is 10.5. The molecule has 0 heteroatoms. The molecular weight excluding hydrogens is 1490 g/mol. The van der Waals surface area contributed by atoms with Crippen LogP contribution in [0, 0.1) is 0 Å². The van der Waals surface area contributed by atoms with E-state index >= 15 is 0 Å². The summed E-state index contributed by atoms with van der Waals surface area (Å²) in [6, 6.07) is 139. The number of rotatable bonds is 0. The van der Waals surface area contributed by atoms with Crippen LogP contribution in [0.3, 0.4) is 0 Å². The van der Waals surface area contributed by atoms with Crippen LogP contribution in [0.5, 0.6) is 0 Å². The van der Waals surface area contributed by atoms with Gasteiger partial charge in [-0.2, -0.15) is 0 Å². The molecule has 0 aliphatic heterocycles. The van der Waals surface area contributed by atoms with Crippen LogP contribution in [-0.2, 0) is 64.2 Å². The second kappa shape index (κ2) is 27.3. The van der Waals surface area contributed by atoms with Crippen LogP contribution in [-0.4, -0.2) is 0 Å². The van der Waals surface area contributed by atoms with E-state index in [0.717, 1.165) is 64.2 Å². The molecule has 124 heavy (non-hydrogen) atoms. The van der Waals surface area contributed by atoms with Crippen molar-refractivity contribution in [2.75, 3.05) is 0 Å². The van der Waals surface area contributed by atoms with E-state index in [1.165, 1.54) is 287 Å². The smallest absolute Gasteiger partial charge is 0.000682 e. The summed E-state index contributed by atoms with van der Waals surface area (Å²) >= 11 is 0. The largest absolute Gasteiger partial charge is 0.0619 e. The van der Waals surface area contributed by atoms with E-state index in [-0.39, 0.29) is 0 Å². The molecule has 0 saturated heterocycles. The number of hydrogen-bond donors (Lipinski definition) is 0. The van der Waals surface area contributed by atoms with Crippen molar-refractivity contribution in [3.63, 3.8) is 0 Å². The molecule has 21 aromatic carbocycles.